The molecule has 1 aromatic carbocycles. The minimum atomic E-state index is -2.90. The number of alkyl halides is 2. The summed E-state index contributed by atoms with van der Waals surface area (Å²) >= 11 is 0. The smallest absolute Gasteiger partial charge is 0.333 e. The third-order valence-corrected chi connectivity index (χ3v) is 5.33. The number of nitrogens with one attached hydrogen (secondary N) is 1. The summed E-state index contributed by atoms with van der Waals surface area (Å²) in [6.07, 6.45) is 3.31. The van der Waals surface area contributed by atoms with Gasteiger partial charge in [-0.1, -0.05) is 12.1 Å². The van der Waals surface area contributed by atoms with Crippen molar-refractivity contribution in [1.82, 2.24) is 24.6 Å². The summed E-state index contributed by atoms with van der Waals surface area (Å²) in [7, 11) is 0. The van der Waals surface area contributed by atoms with Crippen LogP contribution in [0.2, 0.25) is 0 Å². The summed E-state index contributed by atoms with van der Waals surface area (Å²) in [5, 5.41) is 4.52. The number of halogens is 2. The number of amides is 1. The minimum absolute atomic E-state index is 0.170. The van der Waals surface area contributed by atoms with E-state index in [-0.39, 0.29) is 5.69 Å². The zero-order valence-corrected chi connectivity index (χ0v) is 15.5. The highest BCUT2D eigenvalue weighted by Gasteiger charge is 2.38. The Kier molecular flexibility index (Phi) is 3.97. The van der Waals surface area contributed by atoms with Gasteiger partial charge in [0, 0.05) is 30.2 Å². The van der Waals surface area contributed by atoms with Gasteiger partial charge in [0.15, 0.2) is 0 Å². The molecule has 4 heterocycles. The van der Waals surface area contributed by atoms with E-state index in [0.29, 0.717) is 34.7 Å². The first-order valence-corrected chi connectivity index (χ1v) is 9.18. The van der Waals surface area contributed by atoms with E-state index >= 15 is 0 Å². The standard InChI is InChI=1S/C20H17F2N5O2/c1-11-3-2-4-15-12(11)9-16(29-15)18-17-13(23-10-24-17)6-8-26(18)19(28)14-5-7-25-27(14)20(21)22/h2-5,7,9-10,18,20H,6,8H2,1H3,(H,23,24)/t18-/m0/s1. The van der Waals surface area contributed by atoms with E-state index < -0.39 is 18.5 Å². The van der Waals surface area contributed by atoms with Crippen molar-refractivity contribution in [3.05, 3.63) is 71.3 Å². The lowest BCUT2D eigenvalue weighted by Crippen LogP contribution is -2.41. The molecular formula is C20H17F2N5O2. The maximum absolute atomic E-state index is 13.3. The van der Waals surface area contributed by atoms with Crippen molar-refractivity contribution in [2.24, 2.45) is 0 Å². The average Bonchev–Trinajstić information content (AvgIpc) is 3.44. The molecule has 29 heavy (non-hydrogen) atoms. The molecule has 0 bridgehead atoms. The fourth-order valence-corrected chi connectivity index (χ4v) is 3.93. The number of fused-ring (bicyclic) bond motifs is 2. The van der Waals surface area contributed by atoms with Crippen molar-refractivity contribution >= 4 is 16.9 Å². The number of H-pyrrole nitrogens is 1. The Labute approximate surface area is 163 Å². The molecule has 148 valence electrons. The Morgan fingerprint density at radius 1 is 1.34 bits per heavy atom. The number of carbonyl (C=O) groups excluding carboxylic acids is 1. The normalized spacial score (nSPS) is 16.6. The lowest BCUT2D eigenvalue weighted by Gasteiger charge is -2.33. The number of carbonyl (C=O) groups is 1. The Balaban J connectivity index is 1.63. The molecule has 0 unspecified atom stereocenters. The zero-order chi connectivity index (χ0) is 20.1. The fourth-order valence-electron chi connectivity index (χ4n) is 3.93. The van der Waals surface area contributed by atoms with Gasteiger partial charge in [0.1, 0.15) is 23.1 Å². The van der Waals surface area contributed by atoms with Crippen molar-refractivity contribution in [2.75, 3.05) is 6.54 Å². The van der Waals surface area contributed by atoms with Gasteiger partial charge in [-0.3, -0.25) is 4.79 Å². The third-order valence-electron chi connectivity index (χ3n) is 5.33. The van der Waals surface area contributed by atoms with Crippen molar-refractivity contribution in [1.29, 1.82) is 0 Å². The van der Waals surface area contributed by atoms with E-state index in [4.69, 9.17) is 4.42 Å². The summed E-state index contributed by atoms with van der Waals surface area (Å²) in [5.41, 5.74) is 3.14. The van der Waals surface area contributed by atoms with Gasteiger partial charge < -0.3 is 14.3 Å². The number of aryl methyl sites for hydroxylation is 1. The van der Waals surface area contributed by atoms with Gasteiger partial charge in [-0.25, -0.2) is 4.98 Å². The largest absolute Gasteiger partial charge is 0.458 e. The van der Waals surface area contributed by atoms with E-state index in [1.165, 1.54) is 17.2 Å². The Morgan fingerprint density at radius 2 is 2.21 bits per heavy atom. The number of hydrogen-bond donors (Lipinski definition) is 1. The molecule has 0 saturated heterocycles. The number of hydrogen-bond acceptors (Lipinski definition) is 4. The van der Waals surface area contributed by atoms with Crippen molar-refractivity contribution < 1.29 is 18.0 Å². The van der Waals surface area contributed by atoms with Crippen molar-refractivity contribution in [3.8, 4) is 0 Å². The van der Waals surface area contributed by atoms with Gasteiger partial charge in [0.2, 0.25) is 0 Å². The highest BCUT2D eigenvalue weighted by Crippen LogP contribution is 2.37. The predicted octanol–water partition coefficient (Wildman–Crippen LogP) is 3.84. The van der Waals surface area contributed by atoms with Crippen LogP contribution in [0, 0.1) is 6.92 Å². The molecule has 0 saturated carbocycles. The molecular weight excluding hydrogens is 380 g/mol. The number of rotatable bonds is 3. The third kappa shape index (κ3) is 2.72. The molecule has 0 aliphatic carbocycles. The van der Waals surface area contributed by atoms with Crippen molar-refractivity contribution in [2.45, 2.75) is 25.9 Å². The Morgan fingerprint density at radius 3 is 3.00 bits per heavy atom. The maximum atomic E-state index is 13.3. The number of aromatic nitrogens is 4. The molecule has 0 radical (unpaired) electrons. The van der Waals surface area contributed by atoms with Crippen LogP contribution in [0.5, 0.6) is 0 Å². The fraction of sp³-hybridized carbons (Fsp3) is 0.250. The van der Waals surface area contributed by atoms with Crippen LogP contribution in [0.1, 0.15) is 45.8 Å². The van der Waals surface area contributed by atoms with Gasteiger partial charge in [0.25, 0.3) is 5.91 Å². The molecule has 1 aliphatic heterocycles. The predicted molar refractivity (Wildman–Crippen MR) is 99.6 cm³/mol. The van der Waals surface area contributed by atoms with Crippen LogP contribution in [-0.4, -0.2) is 37.1 Å². The number of imidazole rings is 1. The molecule has 4 aromatic rings. The molecule has 1 N–H and O–H groups in total. The molecule has 0 fully saturated rings. The zero-order valence-electron chi connectivity index (χ0n) is 15.5. The Bertz CT molecular complexity index is 1210. The second-order valence-electron chi connectivity index (χ2n) is 6.99. The van der Waals surface area contributed by atoms with Crippen LogP contribution in [-0.2, 0) is 6.42 Å². The Hall–Kier alpha value is -3.49. The average molecular weight is 397 g/mol. The molecule has 3 aromatic heterocycles. The summed E-state index contributed by atoms with van der Waals surface area (Å²) in [6.45, 7) is -0.586. The van der Waals surface area contributed by atoms with Crippen LogP contribution in [0.25, 0.3) is 11.0 Å². The van der Waals surface area contributed by atoms with E-state index in [2.05, 4.69) is 15.1 Å². The van der Waals surface area contributed by atoms with Crippen LogP contribution < -0.4 is 0 Å². The van der Waals surface area contributed by atoms with Crippen LogP contribution in [0.3, 0.4) is 0 Å². The quantitative estimate of drug-likeness (QED) is 0.570. The van der Waals surface area contributed by atoms with Gasteiger partial charge in [-0.05, 0) is 30.7 Å². The monoisotopic (exact) mass is 397 g/mol. The summed E-state index contributed by atoms with van der Waals surface area (Å²) in [6, 6.07) is 8.31. The van der Waals surface area contributed by atoms with Gasteiger partial charge in [0.05, 0.1) is 12.0 Å². The lowest BCUT2D eigenvalue weighted by molar-refractivity contribution is 0.0436. The molecule has 9 heteroatoms. The lowest BCUT2D eigenvalue weighted by atomic mass is 9.99. The molecule has 1 atom stereocenters. The van der Waals surface area contributed by atoms with Crippen molar-refractivity contribution in [3.63, 3.8) is 0 Å². The molecule has 1 aliphatic rings. The molecule has 1 amide bonds. The highest BCUT2D eigenvalue weighted by atomic mass is 19.3. The molecule has 0 spiro atoms. The first kappa shape index (κ1) is 17.6. The molecule has 5 rings (SSSR count). The van der Waals surface area contributed by atoms with Gasteiger partial charge in [-0.15, -0.1) is 0 Å². The van der Waals surface area contributed by atoms with E-state index in [0.717, 1.165) is 16.6 Å². The van der Waals surface area contributed by atoms with E-state index in [1.54, 1.807) is 6.33 Å². The highest BCUT2D eigenvalue weighted by molar-refractivity contribution is 5.93. The van der Waals surface area contributed by atoms with Gasteiger partial charge in [-0.2, -0.15) is 18.6 Å². The second kappa shape index (κ2) is 6.54. The summed E-state index contributed by atoms with van der Waals surface area (Å²) < 4.78 is 33.1. The van der Waals surface area contributed by atoms with Crippen LogP contribution >= 0.6 is 0 Å². The first-order valence-electron chi connectivity index (χ1n) is 9.18. The number of benzene rings is 1. The number of aromatic amines is 1. The minimum Gasteiger partial charge on any atom is -0.458 e. The van der Waals surface area contributed by atoms with Crippen LogP contribution in [0.4, 0.5) is 8.78 Å². The van der Waals surface area contributed by atoms with E-state index in [1.807, 2.05) is 31.2 Å². The van der Waals surface area contributed by atoms with E-state index in [9.17, 15) is 13.6 Å². The number of furan rings is 1. The SMILES string of the molecule is Cc1cccc2oc([C@H]3c4nc[nH]c4CCN3C(=O)c3ccnn3C(F)F)cc12. The molecule has 7 nitrogen and oxygen atoms in total. The summed E-state index contributed by atoms with van der Waals surface area (Å²) in [5.74, 6) is -0.00237. The maximum Gasteiger partial charge on any atom is 0.333 e. The second-order valence-corrected chi connectivity index (χ2v) is 6.99. The summed E-state index contributed by atoms with van der Waals surface area (Å²) in [4.78, 5) is 22.3. The van der Waals surface area contributed by atoms with Gasteiger partial charge >= 0.3 is 6.55 Å². The topological polar surface area (TPSA) is 80.0 Å². The first-order chi connectivity index (χ1) is 14.0. The van der Waals surface area contributed by atoms with Crippen LogP contribution in [0.15, 0.2) is 47.3 Å². The number of nitrogens with zero attached hydrogens (tertiary/aromatic N) is 4.